The van der Waals surface area contributed by atoms with Crippen molar-refractivity contribution >= 4 is 9.84 Å². The van der Waals surface area contributed by atoms with Crippen molar-refractivity contribution in [2.75, 3.05) is 6.54 Å². The minimum Gasteiger partial charge on any atom is -0.309 e. The number of hydrogen-bond acceptors (Lipinski definition) is 3. The van der Waals surface area contributed by atoms with Gasteiger partial charge in [0.25, 0.3) is 0 Å². The van der Waals surface area contributed by atoms with E-state index in [-0.39, 0.29) is 11.5 Å². The first-order chi connectivity index (χ1) is 8.69. The lowest BCUT2D eigenvalue weighted by Crippen LogP contribution is -2.29. The highest BCUT2D eigenvalue weighted by atomic mass is 32.2. The van der Waals surface area contributed by atoms with Gasteiger partial charge in [-0.15, -0.1) is 0 Å². The van der Waals surface area contributed by atoms with Crippen LogP contribution in [0.4, 0.5) is 0 Å². The van der Waals surface area contributed by atoms with E-state index in [1.165, 1.54) is 5.56 Å². The molecule has 0 fully saturated rings. The van der Waals surface area contributed by atoms with Crippen LogP contribution in [-0.2, 0) is 15.3 Å². The molecule has 0 radical (unpaired) electrons. The van der Waals surface area contributed by atoms with Gasteiger partial charge in [0.2, 0.25) is 0 Å². The second kappa shape index (κ2) is 4.60. The topological polar surface area (TPSA) is 46.2 Å². The first-order valence-corrected chi connectivity index (χ1v) is 8.36. The van der Waals surface area contributed by atoms with Crippen LogP contribution in [0.25, 0.3) is 0 Å². The van der Waals surface area contributed by atoms with Crippen molar-refractivity contribution in [1.29, 1.82) is 0 Å². The Balaban J connectivity index is 2.61. The summed E-state index contributed by atoms with van der Waals surface area (Å²) >= 11 is 0. The molecule has 1 aliphatic rings. The van der Waals surface area contributed by atoms with Gasteiger partial charge in [0, 0.05) is 0 Å². The zero-order valence-corrected chi connectivity index (χ0v) is 13.1. The maximum absolute atomic E-state index is 12.4. The largest absolute Gasteiger partial charge is 0.309 e. The van der Waals surface area contributed by atoms with E-state index < -0.39 is 15.1 Å². The van der Waals surface area contributed by atoms with Gasteiger partial charge in [-0.3, -0.25) is 0 Å². The summed E-state index contributed by atoms with van der Waals surface area (Å²) in [6.07, 6.45) is 0. The molecule has 0 spiro atoms. The van der Waals surface area contributed by atoms with Gasteiger partial charge in [0.1, 0.15) is 0 Å². The number of hydrogen-bond donors (Lipinski definition) is 1. The van der Waals surface area contributed by atoms with Crippen LogP contribution in [-0.4, -0.2) is 20.2 Å². The lowest BCUT2D eigenvalue weighted by molar-refractivity contribution is 0.527. The zero-order valence-electron chi connectivity index (χ0n) is 12.3. The number of sulfone groups is 1. The third kappa shape index (κ3) is 2.32. The van der Waals surface area contributed by atoms with Crippen molar-refractivity contribution in [3.63, 3.8) is 0 Å². The fraction of sp³-hybridized carbons (Fsp3) is 0.600. The molecule has 1 aliphatic heterocycles. The van der Waals surface area contributed by atoms with Gasteiger partial charge >= 0.3 is 0 Å². The van der Waals surface area contributed by atoms with Crippen LogP contribution in [0.1, 0.15) is 51.8 Å². The molecule has 106 valence electrons. The van der Waals surface area contributed by atoms with Crippen LogP contribution in [0.3, 0.4) is 0 Å². The van der Waals surface area contributed by atoms with E-state index in [1.54, 1.807) is 13.0 Å². The second-order valence-corrected chi connectivity index (χ2v) is 8.56. The van der Waals surface area contributed by atoms with Gasteiger partial charge in [-0.05, 0) is 36.1 Å². The molecule has 0 bridgehead atoms. The predicted molar refractivity (Wildman–Crippen MR) is 78.2 cm³/mol. The second-order valence-electron chi connectivity index (χ2n) is 6.29. The van der Waals surface area contributed by atoms with Crippen molar-refractivity contribution in [3.05, 3.63) is 29.3 Å². The van der Waals surface area contributed by atoms with Crippen LogP contribution in [0.2, 0.25) is 0 Å². The van der Waals surface area contributed by atoms with Crippen molar-refractivity contribution in [1.82, 2.24) is 5.32 Å². The fourth-order valence-corrected chi connectivity index (χ4v) is 4.42. The standard InChI is InChI=1S/C15H23NO2S/c1-6-16-14-10(2)19(17,18)13-8-7-11(9-12(13)14)15(3,4)5/h7-10,14,16H,6H2,1-5H3. The van der Waals surface area contributed by atoms with Crippen molar-refractivity contribution in [2.24, 2.45) is 0 Å². The summed E-state index contributed by atoms with van der Waals surface area (Å²) in [5.74, 6) is 0. The average molecular weight is 281 g/mol. The smallest absolute Gasteiger partial charge is 0.183 e. The molecule has 1 N–H and O–H groups in total. The summed E-state index contributed by atoms with van der Waals surface area (Å²) in [5, 5.41) is 2.91. The normalized spacial score (nSPS) is 25.3. The molecule has 0 saturated carbocycles. The van der Waals surface area contributed by atoms with Crippen LogP contribution >= 0.6 is 0 Å². The number of benzene rings is 1. The molecular weight excluding hydrogens is 258 g/mol. The first kappa shape index (κ1) is 14.5. The minimum atomic E-state index is -3.18. The van der Waals surface area contributed by atoms with Gasteiger partial charge in [0.15, 0.2) is 9.84 Å². The molecule has 2 rings (SSSR count). The summed E-state index contributed by atoms with van der Waals surface area (Å²) in [6.45, 7) is 11.0. The molecule has 2 unspecified atom stereocenters. The van der Waals surface area contributed by atoms with Gasteiger partial charge in [-0.25, -0.2) is 8.42 Å². The van der Waals surface area contributed by atoms with E-state index in [0.29, 0.717) is 4.90 Å². The Morgan fingerprint density at radius 2 is 1.89 bits per heavy atom. The quantitative estimate of drug-likeness (QED) is 0.906. The Morgan fingerprint density at radius 1 is 1.26 bits per heavy atom. The Bertz CT molecular complexity index is 585. The average Bonchev–Trinajstić information content (AvgIpc) is 2.50. The Kier molecular flexibility index (Phi) is 3.52. The molecule has 0 aromatic heterocycles. The fourth-order valence-electron chi connectivity index (χ4n) is 2.65. The summed E-state index contributed by atoms with van der Waals surface area (Å²) in [4.78, 5) is 0.499. The van der Waals surface area contributed by atoms with Crippen molar-refractivity contribution < 1.29 is 8.42 Å². The molecule has 19 heavy (non-hydrogen) atoms. The van der Waals surface area contributed by atoms with Crippen LogP contribution in [0, 0.1) is 0 Å². The van der Waals surface area contributed by atoms with Gasteiger partial charge in [0.05, 0.1) is 16.2 Å². The van der Waals surface area contributed by atoms with Crippen LogP contribution < -0.4 is 5.32 Å². The number of nitrogens with one attached hydrogen (secondary N) is 1. The molecule has 2 atom stereocenters. The predicted octanol–water partition coefficient (Wildman–Crippen LogP) is 2.81. The van der Waals surface area contributed by atoms with Gasteiger partial charge in [-0.1, -0.05) is 39.8 Å². The summed E-state index contributed by atoms with van der Waals surface area (Å²) in [7, 11) is -3.18. The van der Waals surface area contributed by atoms with E-state index in [0.717, 1.165) is 12.1 Å². The van der Waals surface area contributed by atoms with Crippen LogP contribution in [0.15, 0.2) is 23.1 Å². The Morgan fingerprint density at radius 3 is 2.42 bits per heavy atom. The summed E-state index contributed by atoms with van der Waals surface area (Å²) < 4.78 is 24.8. The first-order valence-electron chi connectivity index (χ1n) is 6.81. The highest BCUT2D eigenvalue weighted by Crippen LogP contribution is 2.40. The monoisotopic (exact) mass is 281 g/mol. The third-order valence-corrected chi connectivity index (χ3v) is 6.14. The van der Waals surface area contributed by atoms with Crippen molar-refractivity contribution in [3.8, 4) is 0 Å². The molecule has 1 aromatic carbocycles. The Hall–Kier alpha value is -0.870. The van der Waals surface area contributed by atoms with E-state index in [1.807, 2.05) is 13.0 Å². The highest BCUT2D eigenvalue weighted by Gasteiger charge is 2.42. The molecule has 0 amide bonds. The van der Waals surface area contributed by atoms with Gasteiger partial charge < -0.3 is 5.32 Å². The maximum atomic E-state index is 12.4. The molecule has 0 saturated heterocycles. The molecular formula is C15H23NO2S. The van der Waals surface area contributed by atoms with Gasteiger partial charge in [-0.2, -0.15) is 0 Å². The Labute approximate surface area is 116 Å². The summed E-state index contributed by atoms with van der Waals surface area (Å²) in [6, 6.07) is 5.69. The lowest BCUT2D eigenvalue weighted by atomic mass is 9.85. The molecule has 0 aliphatic carbocycles. The van der Waals surface area contributed by atoms with Crippen LogP contribution in [0.5, 0.6) is 0 Å². The van der Waals surface area contributed by atoms with E-state index >= 15 is 0 Å². The lowest BCUT2D eigenvalue weighted by Gasteiger charge is -2.21. The molecule has 1 aromatic rings. The van der Waals surface area contributed by atoms with E-state index in [2.05, 4.69) is 32.2 Å². The molecule has 3 nitrogen and oxygen atoms in total. The van der Waals surface area contributed by atoms with E-state index in [9.17, 15) is 8.42 Å². The zero-order chi connectivity index (χ0) is 14.4. The highest BCUT2D eigenvalue weighted by molar-refractivity contribution is 7.92. The number of rotatable bonds is 2. The van der Waals surface area contributed by atoms with Crippen molar-refractivity contribution in [2.45, 2.75) is 56.2 Å². The summed E-state index contributed by atoms with van der Waals surface area (Å²) in [5.41, 5.74) is 2.14. The minimum absolute atomic E-state index is 0.0292. The third-order valence-electron chi connectivity index (χ3n) is 3.90. The SMILES string of the molecule is CCNC1c2cc(C(C)(C)C)ccc2S(=O)(=O)C1C. The number of fused-ring (bicyclic) bond motifs is 1. The van der Waals surface area contributed by atoms with E-state index in [4.69, 9.17) is 0 Å². The molecule has 4 heteroatoms. The molecule has 1 heterocycles. The maximum Gasteiger partial charge on any atom is 0.183 e.